The van der Waals surface area contributed by atoms with Crippen LogP contribution in [-0.4, -0.2) is 31.6 Å². The van der Waals surface area contributed by atoms with Crippen LogP contribution >= 0.6 is 11.3 Å². The Labute approximate surface area is 169 Å². The summed E-state index contributed by atoms with van der Waals surface area (Å²) in [5, 5.41) is 15.6. The lowest BCUT2D eigenvalue weighted by molar-refractivity contribution is -0.115. The molecule has 3 heterocycles. The van der Waals surface area contributed by atoms with Gasteiger partial charge < -0.3 is 14.3 Å². The van der Waals surface area contributed by atoms with Gasteiger partial charge in [0.1, 0.15) is 6.33 Å². The first-order chi connectivity index (χ1) is 14.1. The molecule has 0 saturated heterocycles. The van der Waals surface area contributed by atoms with Gasteiger partial charge in [0, 0.05) is 23.7 Å². The molecule has 0 aliphatic heterocycles. The van der Waals surface area contributed by atoms with Gasteiger partial charge in [0.05, 0.1) is 18.4 Å². The van der Waals surface area contributed by atoms with E-state index < -0.39 is 0 Å². The summed E-state index contributed by atoms with van der Waals surface area (Å²) in [7, 11) is 1.85. The van der Waals surface area contributed by atoms with Crippen molar-refractivity contribution in [2.75, 3.05) is 10.6 Å². The van der Waals surface area contributed by atoms with Gasteiger partial charge in [-0.05, 0) is 24.3 Å². The Morgan fingerprint density at radius 1 is 1.21 bits per heavy atom. The van der Waals surface area contributed by atoms with Gasteiger partial charge in [-0.3, -0.25) is 14.9 Å². The second-order valence-corrected chi connectivity index (χ2v) is 7.00. The van der Waals surface area contributed by atoms with Gasteiger partial charge in [0.15, 0.2) is 16.7 Å². The van der Waals surface area contributed by atoms with Crippen LogP contribution in [0.2, 0.25) is 0 Å². The van der Waals surface area contributed by atoms with Gasteiger partial charge in [0.2, 0.25) is 5.91 Å². The minimum atomic E-state index is -0.388. The summed E-state index contributed by atoms with van der Waals surface area (Å²) in [5.41, 5.74) is 2.06. The fraction of sp³-hybridized carbons (Fsp3) is 0.105. The number of aromatic nitrogens is 4. The van der Waals surface area contributed by atoms with Gasteiger partial charge in [-0.25, -0.2) is 4.98 Å². The standard InChI is InChI=1S/C19H16N6O3S/c1-25-11-20-24-17(25)12-4-2-5-13(8-12)21-16(26)9-14-10-29-19(22-14)23-18(27)15-6-3-7-28-15/h2-8,10-11H,9H2,1H3,(H,21,26)(H,22,23,27). The van der Waals surface area contributed by atoms with E-state index in [9.17, 15) is 9.59 Å². The first-order valence-electron chi connectivity index (χ1n) is 8.62. The molecule has 0 fully saturated rings. The molecule has 29 heavy (non-hydrogen) atoms. The van der Waals surface area contributed by atoms with Gasteiger partial charge >= 0.3 is 0 Å². The van der Waals surface area contributed by atoms with E-state index in [2.05, 4.69) is 25.8 Å². The topological polar surface area (TPSA) is 115 Å². The van der Waals surface area contributed by atoms with Crippen molar-refractivity contribution >= 4 is 34.0 Å². The number of rotatable bonds is 6. The normalized spacial score (nSPS) is 10.7. The van der Waals surface area contributed by atoms with E-state index in [1.54, 1.807) is 34.5 Å². The predicted octanol–water partition coefficient (Wildman–Crippen LogP) is 2.97. The molecule has 4 rings (SSSR count). The average molecular weight is 408 g/mol. The number of furan rings is 1. The molecule has 0 atom stereocenters. The molecule has 0 radical (unpaired) electrons. The SMILES string of the molecule is Cn1cnnc1-c1cccc(NC(=O)Cc2csc(NC(=O)c3ccco3)n2)c1. The number of aryl methyl sites for hydroxylation is 1. The van der Waals surface area contributed by atoms with E-state index in [-0.39, 0.29) is 24.0 Å². The lowest BCUT2D eigenvalue weighted by atomic mass is 10.2. The largest absolute Gasteiger partial charge is 0.459 e. The molecule has 2 N–H and O–H groups in total. The minimum absolute atomic E-state index is 0.0846. The van der Waals surface area contributed by atoms with E-state index in [1.807, 2.05) is 25.2 Å². The third-order valence-electron chi connectivity index (χ3n) is 3.97. The van der Waals surface area contributed by atoms with E-state index in [1.165, 1.54) is 17.6 Å². The summed E-state index contributed by atoms with van der Waals surface area (Å²) in [6.07, 6.45) is 3.12. The summed E-state index contributed by atoms with van der Waals surface area (Å²) in [4.78, 5) is 28.6. The van der Waals surface area contributed by atoms with Crippen molar-refractivity contribution in [3.8, 4) is 11.4 Å². The minimum Gasteiger partial charge on any atom is -0.459 e. The third-order valence-corrected chi connectivity index (χ3v) is 4.78. The van der Waals surface area contributed by atoms with Gasteiger partial charge in [0.25, 0.3) is 5.91 Å². The van der Waals surface area contributed by atoms with Crippen molar-refractivity contribution in [2.45, 2.75) is 6.42 Å². The number of hydrogen-bond donors (Lipinski definition) is 2. The number of carbonyl (C=O) groups is 2. The second-order valence-electron chi connectivity index (χ2n) is 6.15. The van der Waals surface area contributed by atoms with E-state index in [4.69, 9.17) is 4.42 Å². The molecular weight excluding hydrogens is 392 g/mol. The second kappa shape index (κ2) is 8.07. The molecule has 4 aromatic rings. The van der Waals surface area contributed by atoms with Gasteiger partial charge in [-0.1, -0.05) is 12.1 Å². The number of hydrogen-bond acceptors (Lipinski definition) is 7. The van der Waals surface area contributed by atoms with E-state index in [0.29, 0.717) is 22.3 Å². The van der Waals surface area contributed by atoms with E-state index in [0.717, 1.165) is 5.56 Å². The van der Waals surface area contributed by atoms with E-state index >= 15 is 0 Å². The fourth-order valence-corrected chi connectivity index (χ4v) is 3.37. The molecule has 1 aromatic carbocycles. The highest BCUT2D eigenvalue weighted by Crippen LogP contribution is 2.21. The Bertz CT molecular complexity index is 1150. The number of anilines is 2. The van der Waals surface area contributed by atoms with Crippen LogP contribution in [0.3, 0.4) is 0 Å². The number of carbonyl (C=O) groups excluding carboxylic acids is 2. The summed E-state index contributed by atoms with van der Waals surface area (Å²) in [5.74, 6) is 0.301. The smallest absolute Gasteiger partial charge is 0.293 e. The molecular formula is C19H16N6O3S. The van der Waals surface area contributed by atoms with Crippen LogP contribution in [0.5, 0.6) is 0 Å². The summed E-state index contributed by atoms with van der Waals surface area (Å²) < 4.78 is 6.84. The summed E-state index contributed by atoms with van der Waals surface area (Å²) >= 11 is 1.24. The average Bonchev–Trinajstić information content (AvgIpc) is 3.44. The number of amides is 2. The highest BCUT2D eigenvalue weighted by Gasteiger charge is 2.13. The molecule has 10 heteroatoms. The Kier molecular flexibility index (Phi) is 5.16. The van der Waals surface area contributed by atoms with Crippen LogP contribution in [0.25, 0.3) is 11.4 Å². The number of nitrogens with zero attached hydrogens (tertiary/aromatic N) is 4. The Morgan fingerprint density at radius 2 is 2.10 bits per heavy atom. The number of benzene rings is 1. The quantitative estimate of drug-likeness (QED) is 0.507. The van der Waals surface area contributed by atoms with Crippen molar-refractivity contribution in [3.05, 3.63) is 65.8 Å². The van der Waals surface area contributed by atoms with Crippen molar-refractivity contribution in [1.29, 1.82) is 0 Å². The fourth-order valence-electron chi connectivity index (χ4n) is 2.66. The first kappa shape index (κ1) is 18.6. The number of nitrogens with one attached hydrogen (secondary N) is 2. The van der Waals surface area contributed by atoms with Crippen LogP contribution < -0.4 is 10.6 Å². The predicted molar refractivity (Wildman–Crippen MR) is 108 cm³/mol. The third kappa shape index (κ3) is 4.38. The summed E-state index contributed by atoms with van der Waals surface area (Å²) in [6.45, 7) is 0. The highest BCUT2D eigenvalue weighted by atomic mass is 32.1. The zero-order chi connectivity index (χ0) is 20.2. The van der Waals surface area contributed by atoms with Crippen LogP contribution in [0.1, 0.15) is 16.2 Å². The lowest BCUT2D eigenvalue weighted by Crippen LogP contribution is -2.15. The number of thiazole rings is 1. The maximum Gasteiger partial charge on any atom is 0.293 e. The molecule has 0 saturated carbocycles. The molecule has 2 amide bonds. The maximum absolute atomic E-state index is 12.4. The first-order valence-corrected chi connectivity index (χ1v) is 9.50. The molecule has 0 bridgehead atoms. The molecule has 0 aliphatic carbocycles. The Hall–Kier alpha value is -3.79. The van der Waals surface area contributed by atoms with Gasteiger partial charge in [-0.15, -0.1) is 21.5 Å². The van der Waals surface area contributed by atoms with Crippen LogP contribution in [-0.2, 0) is 18.3 Å². The highest BCUT2D eigenvalue weighted by molar-refractivity contribution is 7.14. The van der Waals surface area contributed by atoms with Crippen molar-refractivity contribution in [3.63, 3.8) is 0 Å². The van der Waals surface area contributed by atoms with Crippen LogP contribution in [0, 0.1) is 0 Å². The van der Waals surface area contributed by atoms with Crippen LogP contribution in [0.4, 0.5) is 10.8 Å². The molecule has 146 valence electrons. The molecule has 0 unspecified atom stereocenters. The molecule has 0 spiro atoms. The van der Waals surface area contributed by atoms with Crippen molar-refractivity contribution in [2.24, 2.45) is 7.05 Å². The molecule has 3 aromatic heterocycles. The zero-order valence-corrected chi connectivity index (χ0v) is 16.1. The molecule has 0 aliphatic rings. The monoisotopic (exact) mass is 408 g/mol. The Morgan fingerprint density at radius 3 is 2.86 bits per heavy atom. The summed E-state index contributed by atoms with van der Waals surface area (Å²) in [6, 6.07) is 10.6. The van der Waals surface area contributed by atoms with Gasteiger partial charge in [-0.2, -0.15) is 0 Å². The zero-order valence-electron chi connectivity index (χ0n) is 15.3. The lowest BCUT2D eigenvalue weighted by Gasteiger charge is -2.06. The maximum atomic E-state index is 12.4. The molecule has 9 nitrogen and oxygen atoms in total. The van der Waals surface area contributed by atoms with Crippen molar-refractivity contribution < 1.29 is 14.0 Å². The van der Waals surface area contributed by atoms with Crippen LogP contribution in [0.15, 0.2) is 58.8 Å². The van der Waals surface area contributed by atoms with Crippen molar-refractivity contribution in [1.82, 2.24) is 19.7 Å². The Balaban J connectivity index is 1.37.